The Morgan fingerprint density at radius 3 is 2.81 bits per heavy atom. The summed E-state index contributed by atoms with van der Waals surface area (Å²) in [6, 6.07) is 9.38. The van der Waals surface area contributed by atoms with Crippen LogP contribution in [0.3, 0.4) is 0 Å². The third-order valence-corrected chi connectivity index (χ3v) is 5.75. The minimum absolute atomic E-state index is 0.0202. The second-order valence-electron chi connectivity index (χ2n) is 6.03. The van der Waals surface area contributed by atoms with Gasteiger partial charge in [-0.3, -0.25) is 9.52 Å². The van der Waals surface area contributed by atoms with Crippen molar-refractivity contribution in [3.8, 4) is 5.75 Å². The summed E-state index contributed by atoms with van der Waals surface area (Å²) < 4.78 is 38.0. The van der Waals surface area contributed by atoms with E-state index in [-0.39, 0.29) is 16.3 Å². The van der Waals surface area contributed by atoms with E-state index >= 15 is 0 Å². The van der Waals surface area contributed by atoms with Gasteiger partial charge in [-0.05, 0) is 41.0 Å². The Hall–Kier alpha value is -3.14. The molecule has 1 N–H and O–H groups in total. The first-order valence-electron chi connectivity index (χ1n) is 8.22. The Morgan fingerprint density at radius 2 is 2.07 bits per heavy atom. The van der Waals surface area contributed by atoms with Gasteiger partial charge in [0.1, 0.15) is 16.2 Å². The van der Waals surface area contributed by atoms with E-state index in [1.165, 1.54) is 13.2 Å². The minimum atomic E-state index is -3.93. The maximum atomic E-state index is 12.8. The van der Waals surface area contributed by atoms with Crippen LogP contribution < -0.4 is 14.4 Å². The molecule has 0 bridgehead atoms. The molecule has 1 saturated heterocycles. The molecule has 9 nitrogen and oxygen atoms in total. The molecular formula is C17H16N4O5S. The van der Waals surface area contributed by atoms with Crippen molar-refractivity contribution in [1.29, 1.82) is 0 Å². The van der Waals surface area contributed by atoms with Gasteiger partial charge in [0.05, 0.1) is 18.5 Å². The third-order valence-electron chi connectivity index (χ3n) is 4.33. The number of benzene rings is 2. The van der Waals surface area contributed by atoms with Crippen LogP contribution in [-0.2, 0) is 14.8 Å². The predicted octanol–water partition coefficient (Wildman–Crippen LogP) is 2.16. The Bertz CT molecular complexity index is 1130. The fourth-order valence-corrected chi connectivity index (χ4v) is 4.28. The number of ether oxygens (including phenoxy) is 1. The molecule has 1 fully saturated rings. The summed E-state index contributed by atoms with van der Waals surface area (Å²) >= 11 is 0. The van der Waals surface area contributed by atoms with Gasteiger partial charge in [-0.1, -0.05) is 6.07 Å². The van der Waals surface area contributed by atoms with Gasteiger partial charge in [-0.25, -0.2) is 13.0 Å². The number of carbonyl (C=O) groups excluding carboxylic acids is 1. The third kappa shape index (κ3) is 3.08. The number of rotatable bonds is 5. The SMILES string of the molecule is COc1cc(NS(=O)(=O)c2cccc3nonc23)ccc1N1CCCC1=O. The molecule has 4 rings (SSSR count). The quantitative estimate of drug-likeness (QED) is 0.712. The van der Waals surface area contributed by atoms with Gasteiger partial charge < -0.3 is 9.64 Å². The lowest BCUT2D eigenvalue weighted by Crippen LogP contribution is -2.24. The molecule has 10 heteroatoms. The molecule has 2 aromatic carbocycles. The van der Waals surface area contributed by atoms with Crippen molar-refractivity contribution in [3.63, 3.8) is 0 Å². The van der Waals surface area contributed by atoms with E-state index in [9.17, 15) is 13.2 Å². The standard InChI is InChI=1S/C17H16N4O5S/c1-25-14-10-11(7-8-13(14)21-9-3-6-16(21)22)20-27(23,24)15-5-2-4-12-17(15)19-26-18-12/h2,4-5,7-8,10,20H,3,6,9H2,1H3. The average Bonchev–Trinajstić information content (AvgIpc) is 3.29. The first kappa shape index (κ1) is 17.3. The Labute approximate surface area is 154 Å². The van der Waals surface area contributed by atoms with Crippen LogP contribution in [0.5, 0.6) is 5.75 Å². The number of nitrogens with one attached hydrogen (secondary N) is 1. The van der Waals surface area contributed by atoms with Crippen molar-refractivity contribution in [2.24, 2.45) is 0 Å². The molecular weight excluding hydrogens is 372 g/mol. The molecule has 0 atom stereocenters. The van der Waals surface area contributed by atoms with Gasteiger partial charge in [0, 0.05) is 19.0 Å². The number of hydrogen-bond donors (Lipinski definition) is 1. The molecule has 140 valence electrons. The second-order valence-corrected chi connectivity index (χ2v) is 7.68. The normalized spacial score (nSPS) is 14.7. The van der Waals surface area contributed by atoms with Gasteiger partial charge in [0.15, 0.2) is 5.52 Å². The van der Waals surface area contributed by atoms with Crippen LogP contribution in [0.2, 0.25) is 0 Å². The number of methoxy groups -OCH3 is 1. The lowest BCUT2D eigenvalue weighted by atomic mass is 10.2. The topological polar surface area (TPSA) is 115 Å². The lowest BCUT2D eigenvalue weighted by Gasteiger charge is -2.20. The molecule has 27 heavy (non-hydrogen) atoms. The van der Waals surface area contributed by atoms with Crippen LogP contribution in [0.1, 0.15) is 12.8 Å². The number of fused-ring (bicyclic) bond motifs is 1. The fourth-order valence-electron chi connectivity index (χ4n) is 3.08. The van der Waals surface area contributed by atoms with Crippen LogP contribution in [0.25, 0.3) is 11.0 Å². The minimum Gasteiger partial charge on any atom is -0.494 e. The Morgan fingerprint density at radius 1 is 1.22 bits per heavy atom. The molecule has 0 radical (unpaired) electrons. The summed E-state index contributed by atoms with van der Waals surface area (Å²) in [6.45, 7) is 0.613. The van der Waals surface area contributed by atoms with E-state index in [2.05, 4.69) is 19.7 Å². The number of sulfonamides is 1. The van der Waals surface area contributed by atoms with E-state index in [4.69, 9.17) is 4.74 Å². The number of carbonyl (C=O) groups is 1. The lowest BCUT2D eigenvalue weighted by molar-refractivity contribution is -0.117. The number of aromatic nitrogens is 2. The largest absolute Gasteiger partial charge is 0.494 e. The van der Waals surface area contributed by atoms with Gasteiger partial charge in [0.25, 0.3) is 10.0 Å². The van der Waals surface area contributed by atoms with Crippen molar-refractivity contribution in [2.75, 3.05) is 23.3 Å². The van der Waals surface area contributed by atoms with Crippen molar-refractivity contribution in [2.45, 2.75) is 17.7 Å². The molecule has 0 unspecified atom stereocenters. The first-order chi connectivity index (χ1) is 13.0. The monoisotopic (exact) mass is 388 g/mol. The zero-order valence-electron chi connectivity index (χ0n) is 14.4. The maximum Gasteiger partial charge on any atom is 0.264 e. The van der Waals surface area contributed by atoms with E-state index < -0.39 is 10.0 Å². The zero-order chi connectivity index (χ0) is 19.0. The summed E-state index contributed by atoms with van der Waals surface area (Å²) in [5, 5.41) is 7.32. The molecule has 1 amide bonds. The highest BCUT2D eigenvalue weighted by atomic mass is 32.2. The molecule has 0 saturated carbocycles. The summed E-state index contributed by atoms with van der Waals surface area (Å²) in [6.07, 6.45) is 1.28. The van der Waals surface area contributed by atoms with Gasteiger partial charge in [-0.2, -0.15) is 0 Å². The predicted molar refractivity (Wildman–Crippen MR) is 97.2 cm³/mol. The summed E-state index contributed by atoms with van der Waals surface area (Å²) in [5.74, 6) is 0.429. The molecule has 0 aliphatic carbocycles. The summed E-state index contributed by atoms with van der Waals surface area (Å²) in [4.78, 5) is 13.6. The van der Waals surface area contributed by atoms with E-state index in [0.29, 0.717) is 35.6 Å². The average molecular weight is 388 g/mol. The van der Waals surface area contributed by atoms with E-state index in [0.717, 1.165) is 6.42 Å². The molecule has 1 aliphatic heterocycles. The van der Waals surface area contributed by atoms with Gasteiger partial charge >= 0.3 is 0 Å². The van der Waals surface area contributed by atoms with Crippen molar-refractivity contribution in [3.05, 3.63) is 36.4 Å². The highest BCUT2D eigenvalue weighted by Crippen LogP contribution is 2.34. The van der Waals surface area contributed by atoms with Crippen LogP contribution in [0.15, 0.2) is 45.9 Å². The van der Waals surface area contributed by atoms with Crippen molar-refractivity contribution < 1.29 is 22.6 Å². The second kappa shape index (κ2) is 6.54. The number of amides is 1. The fraction of sp³-hybridized carbons (Fsp3) is 0.235. The molecule has 2 heterocycles. The van der Waals surface area contributed by atoms with E-state index in [1.807, 2.05) is 0 Å². The molecule has 1 aromatic heterocycles. The van der Waals surface area contributed by atoms with Gasteiger partial charge in [-0.15, -0.1) is 0 Å². The Kier molecular flexibility index (Phi) is 4.19. The first-order valence-corrected chi connectivity index (χ1v) is 9.70. The van der Waals surface area contributed by atoms with Crippen LogP contribution in [0, 0.1) is 0 Å². The van der Waals surface area contributed by atoms with E-state index in [1.54, 1.807) is 35.2 Å². The molecule has 1 aliphatic rings. The van der Waals surface area contributed by atoms with Crippen LogP contribution in [0.4, 0.5) is 11.4 Å². The summed E-state index contributed by atoms with van der Waals surface area (Å²) in [5.41, 5.74) is 1.41. The Balaban J connectivity index is 1.68. The molecule has 0 spiro atoms. The van der Waals surface area contributed by atoms with Crippen LogP contribution >= 0.6 is 0 Å². The number of nitrogens with zero attached hydrogens (tertiary/aromatic N) is 3. The smallest absolute Gasteiger partial charge is 0.264 e. The number of hydrogen-bond acceptors (Lipinski definition) is 7. The maximum absolute atomic E-state index is 12.8. The highest BCUT2D eigenvalue weighted by Gasteiger charge is 2.25. The zero-order valence-corrected chi connectivity index (χ0v) is 15.2. The van der Waals surface area contributed by atoms with Crippen molar-refractivity contribution >= 4 is 38.3 Å². The van der Waals surface area contributed by atoms with Crippen LogP contribution in [-0.4, -0.2) is 38.3 Å². The number of anilines is 2. The van der Waals surface area contributed by atoms with Gasteiger partial charge in [0.2, 0.25) is 5.91 Å². The highest BCUT2D eigenvalue weighted by molar-refractivity contribution is 7.93. The van der Waals surface area contributed by atoms with Crippen molar-refractivity contribution in [1.82, 2.24) is 10.3 Å². The molecule has 3 aromatic rings. The summed E-state index contributed by atoms with van der Waals surface area (Å²) in [7, 11) is -2.45.